The molecule has 2 N–H and O–H groups in total. The van der Waals surface area contributed by atoms with E-state index in [1.54, 1.807) is 0 Å². The van der Waals surface area contributed by atoms with Gasteiger partial charge in [-0.1, -0.05) is 37.8 Å². The molecule has 30 heavy (non-hydrogen) atoms. The van der Waals surface area contributed by atoms with Gasteiger partial charge in [0.1, 0.15) is 5.82 Å². The SMILES string of the molecule is CC1(C(=O)n2nc(C3(C)CCCNC3=O)cc2NCc2ccc(Cl)s2)CCCCC1. The van der Waals surface area contributed by atoms with Gasteiger partial charge in [0.25, 0.3) is 5.91 Å². The first-order chi connectivity index (χ1) is 14.3. The molecule has 8 heteroatoms. The van der Waals surface area contributed by atoms with Crippen LogP contribution in [0, 0.1) is 5.41 Å². The topological polar surface area (TPSA) is 76.0 Å². The molecule has 0 spiro atoms. The summed E-state index contributed by atoms with van der Waals surface area (Å²) < 4.78 is 2.25. The second-order valence-electron chi connectivity index (χ2n) is 9.00. The third-order valence-corrected chi connectivity index (χ3v) is 7.88. The Kier molecular flexibility index (Phi) is 5.95. The van der Waals surface area contributed by atoms with E-state index < -0.39 is 10.8 Å². The van der Waals surface area contributed by atoms with Gasteiger partial charge in [0.05, 0.1) is 22.0 Å². The molecule has 0 aromatic carbocycles. The van der Waals surface area contributed by atoms with Crippen molar-refractivity contribution < 1.29 is 9.59 Å². The first kappa shape index (κ1) is 21.4. The quantitative estimate of drug-likeness (QED) is 0.675. The number of rotatable bonds is 5. The molecular formula is C22H29ClN4O2S. The van der Waals surface area contributed by atoms with Gasteiger partial charge in [0.15, 0.2) is 0 Å². The van der Waals surface area contributed by atoms with E-state index in [4.69, 9.17) is 16.7 Å². The van der Waals surface area contributed by atoms with Crippen molar-refractivity contribution in [2.75, 3.05) is 11.9 Å². The number of piperidine rings is 1. The van der Waals surface area contributed by atoms with Crippen LogP contribution in [-0.2, 0) is 16.8 Å². The highest BCUT2D eigenvalue weighted by Crippen LogP contribution is 2.39. The average Bonchev–Trinajstić information content (AvgIpc) is 3.35. The molecule has 1 atom stereocenters. The molecular weight excluding hydrogens is 420 g/mol. The maximum absolute atomic E-state index is 13.6. The molecule has 1 aliphatic carbocycles. The predicted molar refractivity (Wildman–Crippen MR) is 120 cm³/mol. The summed E-state index contributed by atoms with van der Waals surface area (Å²) in [6.45, 7) is 5.21. The lowest BCUT2D eigenvalue weighted by molar-refractivity contribution is -0.128. The zero-order valence-corrected chi connectivity index (χ0v) is 19.2. The van der Waals surface area contributed by atoms with Crippen molar-refractivity contribution in [3.05, 3.63) is 33.1 Å². The van der Waals surface area contributed by atoms with Crippen molar-refractivity contribution in [3.63, 3.8) is 0 Å². The van der Waals surface area contributed by atoms with Crippen LogP contribution in [0.1, 0.15) is 74.2 Å². The molecule has 2 aromatic rings. The van der Waals surface area contributed by atoms with Crippen LogP contribution < -0.4 is 10.6 Å². The lowest BCUT2D eigenvalue weighted by Crippen LogP contribution is -2.47. The van der Waals surface area contributed by atoms with Crippen LogP contribution in [0.25, 0.3) is 0 Å². The first-order valence-corrected chi connectivity index (χ1v) is 11.9. The minimum Gasteiger partial charge on any atom is -0.365 e. The van der Waals surface area contributed by atoms with Gasteiger partial charge in [-0.05, 0) is 44.7 Å². The fourth-order valence-electron chi connectivity index (χ4n) is 4.55. The molecule has 3 heterocycles. The van der Waals surface area contributed by atoms with E-state index in [1.807, 2.05) is 32.0 Å². The van der Waals surface area contributed by atoms with E-state index in [9.17, 15) is 9.59 Å². The molecule has 1 amide bonds. The molecule has 2 aromatic heterocycles. The first-order valence-electron chi connectivity index (χ1n) is 10.7. The summed E-state index contributed by atoms with van der Waals surface area (Å²) in [7, 11) is 0. The standard InChI is InChI=1S/C22H29ClN4O2S/c1-21(9-4-3-5-10-21)20(29)27-18(25-14-15-7-8-17(23)30-15)13-16(26-27)22(2)11-6-12-24-19(22)28/h7-8,13,25H,3-6,9-12,14H2,1-2H3,(H,24,28). The molecule has 1 saturated heterocycles. The van der Waals surface area contributed by atoms with E-state index >= 15 is 0 Å². The maximum Gasteiger partial charge on any atom is 0.254 e. The van der Waals surface area contributed by atoms with E-state index in [1.165, 1.54) is 22.4 Å². The number of halogens is 1. The van der Waals surface area contributed by atoms with Gasteiger partial charge in [-0.2, -0.15) is 9.78 Å². The second kappa shape index (κ2) is 8.35. The Bertz CT molecular complexity index is 947. The summed E-state index contributed by atoms with van der Waals surface area (Å²) in [5, 5.41) is 11.0. The summed E-state index contributed by atoms with van der Waals surface area (Å²) in [4.78, 5) is 27.3. The number of aromatic nitrogens is 2. The molecule has 1 saturated carbocycles. The van der Waals surface area contributed by atoms with Crippen LogP contribution >= 0.6 is 22.9 Å². The van der Waals surface area contributed by atoms with Crippen LogP contribution in [-0.4, -0.2) is 28.1 Å². The highest BCUT2D eigenvalue weighted by Gasteiger charge is 2.42. The van der Waals surface area contributed by atoms with Crippen LogP contribution in [0.5, 0.6) is 0 Å². The van der Waals surface area contributed by atoms with E-state index in [-0.39, 0.29) is 11.8 Å². The van der Waals surface area contributed by atoms with Crippen LogP contribution in [0.15, 0.2) is 18.2 Å². The van der Waals surface area contributed by atoms with Crippen LogP contribution in [0.3, 0.4) is 0 Å². The van der Waals surface area contributed by atoms with Crippen molar-refractivity contribution >= 4 is 40.6 Å². The minimum absolute atomic E-state index is 0.0139. The third-order valence-electron chi connectivity index (χ3n) is 6.65. The number of carbonyl (C=O) groups excluding carboxylic acids is 2. The number of amides is 1. The van der Waals surface area contributed by atoms with Crippen molar-refractivity contribution in [3.8, 4) is 0 Å². The molecule has 1 unspecified atom stereocenters. The Balaban J connectivity index is 1.67. The van der Waals surface area contributed by atoms with Crippen LogP contribution in [0.2, 0.25) is 4.34 Å². The molecule has 4 rings (SSSR count). The van der Waals surface area contributed by atoms with Gasteiger partial charge >= 0.3 is 0 Å². The fraction of sp³-hybridized carbons (Fsp3) is 0.591. The second-order valence-corrected chi connectivity index (χ2v) is 10.8. The Morgan fingerprint density at radius 3 is 2.67 bits per heavy atom. The number of hydrogen-bond donors (Lipinski definition) is 2. The number of nitrogens with zero attached hydrogens (tertiary/aromatic N) is 2. The van der Waals surface area contributed by atoms with Gasteiger partial charge in [-0.3, -0.25) is 9.59 Å². The largest absolute Gasteiger partial charge is 0.365 e. The average molecular weight is 449 g/mol. The molecule has 162 valence electrons. The lowest BCUT2D eigenvalue weighted by Gasteiger charge is -2.32. The highest BCUT2D eigenvalue weighted by atomic mass is 35.5. The van der Waals surface area contributed by atoms with Crippen molar-refractivity contribution in [1.82, 2.24) is 15.1 Å². The summed E-state index contributed by atoms with van der Waals surface area (Å²) in [6, 6.07) is 5.72. The number of anilines is 1. The smallest absolute Gasteiger partial charge is 0.254 e. The monoisotopic (exact) mass is 448 g/mol. The Morgan fingerprint density at radius 1 is 1.23 bits per heavy atom. The normalized spacial score (nSPS) is 23.8. The molecule has 0 bridgehead atoms. The number of carbonyl (C=O) groups is 2. The summed E-state index contributed by atoms with van der Waals surface area (Å²) in [5.74, 6) is 0.636. The molecule has 0 radical (unpaired) electrons. The zero-order valence-electron chi connectivity index (χ0n) is 17.6. The van der Waals surface area contributed by atoms with E-state index in [0.717, 1.165) is 47.7 Å². The van der Waals surface area contributed by atoms with Crippen LogP contribution in [0.4, 0.5) is 5.82 Å². The number of hydrogen-bond acceptors (Lipinski definition) is 5. The van der Waals surface area contributed by atoms with E-state index in [2.05, 4.69) is 10.6 Å². The predicted octanol–water partition coefficient (Wildman–Crippen LogP) is 4.99. The minimum atomic E-state index is -0.722. The third kappa shape index (κ3) is 4.02. The molecule has 2 fully saturated rings. The maximum atomic E-state index is 13.6. The van der Waals surface area contributed by atoms with Gasteiger partial charge < -0.3 is 10.6 Å². The lowest BCUT2D eigenvalue weighted by atomic mass is 9.75. The summed E-state index contributed by atoms with van der Waals surface area (Å²) in [6.07, 6.45) is 6.67. The number of thiophene rings is 1. The molecule has 6 nitrogen and oxygen atoms in total. The summed E-state index contributed by atoms with van der Waals surface area (Å²) >= 11 is 7.57. The van der Waals surface area contributed by atoms with E-state index in [0.29, 0.717) is 24.6 Å². The van der Waals surface area contributed by atoms with Gasteiger partial charge in [0.2, 0.25) is 5.91 Å². The Hall–Kier alpha value is -1.86. The van der Waals surface area contributed by atoms with Gasteiger partial charge in [0, 0.05) is 22.9 Å². The fourth-order valence-corrected chi connectivity index (χ4v) is 5.58. The number of nitrogens with one attached hydrogen (secondary N) is 2. The Morgan fingerprint density at radius 2 is 2.00 bits per heavy atom. The van der Waals surface area contributed by atoms with Crippen molar-refractivity contribution in [2.45, 2.75) is 70.8 Å². The Labute approximate surface area is 186 Å². The molecule has 2 aliphatic rings. The summed E-state index contributed by atoms with van der Waals surface area (Å²) in [5.41, 5.74) is -0.487. The molecule has 1 aliphatic heterocycles. The highest BCUT2D eigenvalue weighted by molar-refractivity contribution is 7.16. The van der Waals surface area contributed by atoms with Gasteiger partial charge in [-0.25, -0.2) is 0 Å². The van der Waals surface area contributed by atoms with Gasteiger partial charge in [-0.15, -0.1) is 11.3 Å². The van der Waals surface area contributed by atoms with Crippen molar-refractivity contribution in [2.24, 2.45) is 5.41 Å². The van der Waals surface area contributed by atoms with Crippen molar-refractivity contribution in [1.29, 1.82) is 0 Å². The zero-order chi connectivity index (χ0) is 21.4.